The van der Waals surface area contributed by atoms with E-state index in [9.17, 15) is 0 Å². The second kappa shape index (κ2) is 5.57. The first-order valence-corrected chi connectivity index (χ1v) is 6.89. The van der Waals surface area contributed by atoms with Gasteiger partial charge in [-0.1, -0.05) is 29.3 Å². The molecule has 0 unspecified atom stereocenters. The number of rotatable bonds is 3. The van der Waals surface area contributed by atoms with Crippen molar-refractivity contribution in [3.63, 3.8) is 0 Å². The van der Waals surface area contributed by atoms with E-state index < -0.39 is 0 Å². The molecule has 0 atom stereocenters. The number of nitrogens with one attached hydrogen (secondary N) is 2. The molecule has 1 aliphatic heterocycles. The molecule has 1 heterocycles. The zero-order valence-electron chi connectivity index (χ0n) is 10.1. The van der Waals surface area contributed by atoms with Crippen molar-refractivity contribution in [3.8, 4) is 0 Å². The summed E-state index contributed by atoms with van der Waals surface area (Å²) >= 11 is 18.5. The summed E-state index contributed by atoms with van der Waals surface area (Å²) in [4.78, 5) is 0. The van der Waals surface area contributed by atoms with Crippen molar-refractivity contribution < 1.29 is 0 Å². The zero-order valence-corrected chi connectivity index (χ0v) is 12.4. The highest BCUT2D eigenvalue weighted by atomic mass is 35.5. The van der Waals surface area contributed by atoms with Crippen LogP contribution in [0.25, 0.3) is 5.70 Å². The third-order valence-electron chi connectivity index (χ3n) is 2.74. The summed E-state index contributed by atoms with van der Waals surface area (Å²) in [5, 5.41) is 3.15. The number of halogens is 3. The van der Waals surface area contributed by atoms with Gasteiger partial charge in [-0.3, -0.25) is 5.01 Å². The van der Waals surface area contributed by atoms with Gasteiger partial charge in [0.25, 0.3) is 0 Å². The first kappa shape index (κ1) is 13.8. The molecule has 0 fully saturated rings. The van der Waals surface area contributed by atoms with Gasteiger partial charge in [-0.15, -0.1) is 17.1 Å². The summed E-state index contributed by atoms with van der Waals surface area (Å²) in [6.07, 6.45) is 0. The summed E-state index contributed by atoms with van der Waals surface area (Å²) in [7, 11) is 0. The molecular weight excluding hydrogens is 293 g/mol. The van der Waals surface area contributed by atoms with Crippen LogP contribution in [0.5, 0.6) is 0 Å². The monoisotopic (exact) mass is 305 g/mol. The Morgan fingerprint density at radius 3 is 2.33 bits per heavy atom. The molecule has 0 aromatic heterocycles. The molecule has 1 aromatic rings. The van der Waals surface area contributed by atoms with E-state index in [-0.39, 0.29) is 6.04 Å². The van der Waals surface area contributed by atoms with Gasteiger partial charge in [-0.2, -0.15) is 0 Å². The van der Waals surface area contributed by atoms with Crippen molar-refractivity contribution in [3.05, 3.63) is 39.5 Å². The van der Waals surface area contributed by atoms with Crippen molar-refractivity contribution >= 4 is 40.5 Å². The van der Waals surface area contributed by atoms with Crippen LogP contribution in [0.3, 0.4) is 0 Å². The third kappa shape index (κ3) is 2.41. The second-order valence-corrected chi connectivity index (χ2v) is 5.33. The molecule has 0 saturated heterocycles. The smallest absolute Gasteiger partial charge is 0.0826 e. The first-order chi connectivity index (χ1) is 8.56. The summed E-state index contributed by atoms with van der Waals surface area (Å²) in [5.41, 5.74) is 8.69. The predicted octanol–water partition coefficient (Wildman–Crippen LogP) is 3.63. The van der Waals surface area contributed by atoms with Crippen LogP contribution in [0, 0.1) is 0 Å². The Hall–Kier alpha value is -0.610. The van der Waals surface area contributed by atoms with Gasteiger partial charge in [-0.05, 0) is 26.0 Å². The quantitative estimate of drug-likeness (QED) is 0.835. The molecule has 18 heavy (non-hydrogen) atoms. The van der Waals surface area contributed by atoms with E-state index >= 15 is 0 Å². The van der Waals surface area contributed by atoms with Gasteiger partial charge in [-0.25, -0.2) is 0 Å². The Balaban J connectivity index is 2.52. The Morgan fingerprint density at radius 1 is 1.22 bits per heavy atom. The van der Waals surface area contributed by atoms with E-state index in [1.807, 2.05) is 11.1 Å². The number of hydrogen-bond acceptors (Lipinski definition) is 3. The molecule has 2 N–H and O–H groups in total. The van der Waals surface area contributed by atoms with Crippen LogP contribution in [-0.4, -0.2) is 16.9 Å². The van der Waals surface area contributed by atoms with Crippen molar-refractivity contribution in [2.24, 2.45) is 0 Å². The maximum Gasteiger partial charge on any atom is 0.0826 e. The molecule has 1 aliphatic rings. The molecule has 0 amide bonds. The maximum absolute atomic E-state index is 6.21. The third-order valence-corrected chi connectivity index (χ3v) is 3.62. The van der Waals surface area contributed by atoms with Crippen molar-refractivity contribution in [1.82, 2.24) is 16.0 Å². The van der Waals surface area contributed by atoms with E-state index in [1.165, 1.54) is 0 Å². The summed E-state index contributed by atoms with van der Waals surface area (Å²) in [6, 6.07) is 5.70. The van der Waals surface area contributed by atoms with E-state index in [0.717, 1.165) is 17.0 Å². The van der Waals surface area contributed by atoms with Gasteiger partial charge in [0.1, 0.15) is 0 Å². The highest BCUT2D eigenvalue weighted by Gasteiger charge is 2.26. The normalized spacial score (nSPS) is 15.6. The molecule has 1 aromatic carbocycles. The van der Waals surface area contributed by atoms with E-state index in [1.54, 1.807) is 12.1 Å². The predicted molar refractivity (Wildman–Crippen MR) is 77.3 cm³/mol. The number of hydrazine groups is 2. The number of hydrogen-bond donors (Lipinski definition) is 2. The number of allylic oxidation sites excluding steroid dienone is 1. The summed E-state index contributed by atoms with van der Waals surface area (Å²) in [6.45, 7) is 4.14. The molecule has 6 heteroatoms. The average Bonchev–Trinajstić information content (AvgIpc) is 2.72. The molecule has 0 spiro atoms. The van der Waals surface area contributed by atoms with Crippen LogP contribution in [0.15, 0.2) is 23.9 Å². The Morgan fingerprint density at radius 2 is 1.83 bits per heavy atom. The van der Waals surface area contributed by atoms with Gasteiger partial charge < -0.3 is 5.43 Å². The van der Waals surface area contributed by atoms with Crippen LogP contribution in [0.2, 0.25) is 10.0 Å². The van der Waals surface area contributed by atoms with Crippen molar-refractivity contribution in [1.29, 1.82) is 0 Å². The van der Waals surface area contributed by atoms with Crippen LogP contribution < -0.4 is 11.0 Å². The molecule has 3 nitrogen and oxygen atoms in total. The highest BCUT2D eigenvalue weighted by Crippen LogP contribution is 2.34. The fourth-order valence-electron chi connectivity index (χ4n) is 1.89. The number of nitrogens with zero attached hydrogens (tertiary/aromatic N) is 1. The van der Waals surface area contributed by atoms with Crippen LogP contribution in [0.1, 0.15) is 19.4 Å². The minimum absolute atomic E-state index is 0.269. The maximum atomic E-state index is 6.21. The Kier molecular flexibility index (Phi) is 4.28. The van der Waals surface area contributed by atoms with Gasteiger partial charge in [0.05, 0.1) is 27.3 Å². The minimum atomic E-state index is 0.269. The average molecular weight is 307 g/mol. The van der Waals surface area contributed by atoms with Gasteiger partial charge >= 0.3 is 0 Å². The molecule has 2 rings (SSSR count). The second-order valence-electron chi connectivity index (χ2n) is 4.25. The molecule has 0 bridgehead atoms. The molecule has 0 radical (unpaired) electrons. The van der Waals surface area contributed by atoms with E-state index in [0.29, 0.717) is 15.9 Å². The fraction of sp³-hybridized carbons (Fsp3) is 0.333. The number of benzene rings is 1. The van der Waals surface area contributed by atoms with Gasteiger partial charge in [0.15, 0.2) is 0 Å². The lowest BCUT2D eigenvalue weighted by molar-refractivity contribution is 0.204. The summed E-state index contributed by atoms with van der Waals surface area (Å²) < 4.78 is 0. The summed E-state index contributed by atoms with van der Waals surface area (Å²) in [5.74, 6) is 0.370. The first-order valence-electron chi connectivity index (χ1n) is 5.60. The van der Waals surface area contributed by atoms with Crippen LogP contribution in [0.4, 0.5) is 0 Å². The zero-order chi connectivity index (χ0) is 13.3. The lowest BCUT2D eigenvalue weighted by atomic mass is 10.1. The van der Waals surface area contributed by atoms with Crippen LogP contribution in [-0.2, 0) is 0 Å². The standard InChI is InChI=1S/C12H14Cl3N3/c1-7(2)18-10(6-13)12(16-17-18)11-8(14)4-3-5-9(11)15/h3-5,7,16-17H,6H2,1-2H3. The van der Waals surface area contributed by atoms with Gasteiger partial charge in [0.2, 0.25) is 0 Å². The Bertz CT molecular complexity index is 465. The largest absolute Gasteiger partial charge is 0.301 e. The van der Waals surface area contributed by atoms with Crippen LogP contribution >= 0.6 is 34.8 Å². The van der Waals surface area contributed by atoms with Crippen molar-refractivity contribution in [2.75, 3.05) is 5.88 Å². The molecule has 0 saturated carbocycles. The van der Waals surface area contributed by atoms with Crippen molar-refractivity contribution in [2.45, 2.75) is 19.9 Å². The topological polar surface area (TPSA) is 27.3 Å². The minimum Gasteiger partial charge on any atom is -0.301 e. The molecular formula is C12H14Cl3N3. The lowest BCUT2D eigenvalue weighted by Crippen LogP contribution is -2.42. The van der Waals surface area contributed by atoms with E-state index in [4.69, 9.17) is 34.8 Å². The van der Waals surface area contributed by atoms with E-state index in [2.05, 4.69) is 24.8 Å². The molecule has 0 aliphatic carbocycles. The fourth-order valence-corrected chi connectivity index (χ4v) is 2.74. The Labute approximate surface area is 122 Å². The highest BCUT2D eigenvalue weighted by molar-refractivity contribution is 6.37. The molecule has 98 valence electrons. The SMILES string of the molecule is CC(C)N1NNC(c2c(Cl)cccc2Cl)=C1CCl. The lowest BCUT2D eigenvalue weighted by Gasteiger charge is -2.23. The number of alkyl halides is 1. The van der Waals surface area contributed by atoms with Gasteiger partial charge in [0, 0.05) is 11.6 Å².